The molecule has 0 aliphatic heterocycles. The SMILES string of the molecule is Cc1ccc(N(c2ccc3c(c2)C(C)(C)c2ccccc2-3)c2ccc3c(c2)C(C)(C)c2ccccc2-3)cc1.Cc1ccc(N(c2ccccc2)c2ccc3c(c2)C(C)(C)c2ccccc2-3)cc1. The summed E-state index contributed by atoms with van der Waals surface area (Å²) in [5, 5.41) is 0. The first kappa shape index (κ1) is 42.2. The Bertz CT molecular complexity index is 3230. The predicted molar refractivity (Wildman–Crippen MR) is 284 cm³/mol. The molecule has 0 atom stereocenters. The van der Waals surface area contributed by atoms with Crippen molar-refractivity contribution in [2.75, 3.05) is 9.80 Å². The van der Waals surface area contributed by atoms with Gasteiger partial charge in [0.15, 0.2) is 0 Å². The Morgan fingerprint density at radius 3 is 0.836 bits per heavy atom. The summed E-state index contributed by atoms with van der Waals surface area (Å²) in [5.41, 5.74) is 26.1. The molecule has 328 valence electrons. The quantitative estimate of drug-likeness (QED) is 0.164. The molecule has 3 aliphatic rings. The Balaban J connectivity index is 0.000000153. The van der Waals surface area contributed by atoms with Crippen molar-refractivity contribution >= 4 is 34.1 Å². The van der Waals surface area contributed by atoms with Crippen molar-refractivity contribution in [3.8, 4) is 33.4 Å². The maximum absolute atomic E-state index is 2.43. The third kappa shape index (κ3) is 6.92. The summed E-state index contributed by atoms with van der Waals surface area (Å²) in [4.78, 5) is 4.77. The molecule has 0 heterocycles. The van der Waals surface area contributed by atoms with Gasteiger partial charge in [0.25, 0.3) is 0 Å². The largest absolute Gasteiger partial charge is 0.310 e. The van der Waals surface area contributed by atoms with E-state index in [2.05, 4.69) is 271 Å². The minimum Gasteiger partial charge on any atom is -0.310 e. The Hall–Kier alpha value is -7.42. The van der Waals surface area contributed by atoms with Gasteiger partial charge in [-0.15, -0.1) is 0 Å². The molecule has 67 heavy (non-hydrogen) atoms. The van der Waals surface area contributed by atoms with Crippen LogP contribution in [0, 0.1) is 13.8 Å². The van der Waals surface area contributed by atoms with Crippen molar-refractivity contribution in [1.82, 2.24) is 0 Å². The molecule has 0 saturated heterocycles. The lowest BCUT2D eigenvalue weighted by Crippen LogP contribution is -2.18. The highest BCUT2D eigenvalue weighted by molar-refractivity contribution is 5.89. The predicted octanol–water partition coefficient (Wildman–Crippen LogP) is 17.8. The number of para-hydroxylation sites is 1. The van der Waals surface area contributed by atoms with Crippen LogP contribution >= 0.6 is 0 Å². The number of anilines is 6. The molecular formula is C65H58N2. The topological polar surface area (TPSA) is 6.48 Å². The van der Waals surface area contributed by atoms with Gasteiger partial charge in [-0.1, -0.05) is 186 Å². The fraction of sp³-hybridized carbons (Fsp3) is 0.169. The van der Waals surface area contributed by atoms with Gasteiger partial charge in [0.1, 0.15) is 0 Å². The molecule has 0 unspecified atom stereocenters. The number of rotatable bonds is 6. The van der Waals surface area contributed by atoms with Crippen molar-refractivity contribution < 1.29 is 0 Å². The molecule has 0 amide bonds. The van der Waals surface area contributed by atoms with Crippen LogP contribution in [0.1, 0.15) is 86.1 Å². The summed E-state index contributed by atoms with van der Waals surface area (Å²) in [6, 6.07) is 75.8. The highest BCUT2D eigenvalue weighted by Crippen LogP contribution is 2.54. The van der Waals surface area contributed by atoms with Gasteiger partial charge in [-0.2, -0.15) is 0 Å². The van der Waals surface area contributed by atoms with Gasteiger partial charge < -0.3 is 9.80 Å². The summed E-state index contributed by atoms with van der Waals surface area (Å²) in [6.07, 6.45) is 0. The zero-order valence-electron chi connectivity index (χ0n) is 40.0. The fourth-order valence-corrected chi connectivity index (χ4v) is 11.4. The molecule has 0 spiro atoms. The first-order valence-corrected chi connectivity index (χ1v) is 23.8. The average molecular weight is 867 g/mol. The van der Waals surface area contributed by atoms with Crippen LogP contribution in [0.5, 0.6) is 0 Å². The maximum Gasteiger partial charge on any atom is 0.0465 e. The Labute approximate surface area is 397 Å². The van der Waals surface area contributed by atoms with E-state index in [-0.39, 0.29) is 16.2 Å². The van der Waals surface area contributed by atoms with Gasteiger partial charge in [0.2, 0.25) is 0 Å². The van der Waals surface area contributed by atoms with E-state index < -0.39 is 0 Å². The van der Waals surface area contributed by atoms with Gasteiger partial charge in [-0.3, -0.25) is 0 Å². The number of benzene rings is 9. The minimum atomic E-state index is -0.0392. The number of nitrogens with zero attached hydrogens (tertiary/aromatic N) is 2. The molecule has 0 fully saturated rings. The first-order chi connectivity index (χ1) is 32.3. The van der Waals surface area contributed by atoms with Crippen molar-refractivity contribution in [2.24, 2.45) is 0 Å². The second-order valence-corrected chi connectivity index (χ2v) is 20.4. The van der Waals surface area contributed by atoms with Crippen LogP contribution in [0.4, 0.5) is 34.1 Å². The third-order valence-corrected chi connectivity index (χ3v) is 15.1. The van der Waals surface area contributed by atoms with Gasteiger partial charge in [-0.25, -0.2) is 0 Å². The molecule has 0 bridgehead atoms. The molecule has 12 rings (SSSR count). The zero-order chi connectivity index (χ0) is 46.2. The van der Waals surface area contributed by atoms with Crippen molar-refractivity contribution in [3.05, 3.63) is 251 Å². The van der Waals surface area contributed by atoms with Crippen LogP contribution in [0.25, 0.3) is 33.4 Å². The highest BCUT2D eigenvalue weighted by Gasteiger charge is 2.38. The summed E-state index contributed by atoms with van der Waals surface area (Å²) in [5.74, 6) is 0. The number of aryl methyl sites for hydroxylation is 2. The molecule has 0 aromatic heterocycles. The third-order valence-electron chi connectivity index (χ3n) is 15.1. The number of hydrogen-bond acceptors (Lipinski definition) is 2. The van der Waals surface area contributed by atoms with Gasteiger partial charge in [-0.05, 0) is 153 Å². The van der Waals surface area contributed by atoms with Crippen molar-refractivity contribution in [1.29, 1.82) is 0 Å². The lowest BCUT2D eigenvalue weighted by molar-refractivity contribution is 0.660. The molecule has 2 heteroatoms. The minimum absolute atomic E-state index is 0.00241. The van der Waals surface area contributed by atoms with Gasteiger partial charge in [0, 0.05) is 50.4 Å². The van der Waals surface area contributed by atoms with E-state index in [0.29, 0.717) is 0 Å². The number of hydrogen-bond donors (Lipinski definition) is 0. The van der Waals surface area contributed by atoms with Crippen LogP contribution in [0.2, 0.25) is 0 Å². The summed E-state index contributed by atoms with van der Waals surface area (Å²) >= 11 is 0. The summed E-state index contributed by atoms with van der Waals surface area (Å²) in [7, 11) is 0. The molecular weight excluding hydrogens is 809 g/mol. The Morgan fingerprint density at radius 2 is 0.493 bits per heavy atom. The van der Waals surface area contributed by atoms with E-state index in [1.54, 1.807) is 0 Å². The normalized spacial score (nSPS) is 14.6. The zero-order valence-corrected chi connectivity index (χ0v) is 40.0. The molecule has 9 aromatic carbocycles. The summed E-state index contributed by atoms with van der Waals surface area (Å²) < 4.78 is 0. The average Bonchev–Trinajstić information content (AvgIpc) is 3.83. The van der Waals surface area contributed by atoms with Gasteiger partial charge >= 0.3 is 0 Å². The molecule has 3 aliphatic carbocycles. The Morgan fingerprint density at radius 1 is 0.239 bits per heavy atom. The van der Waals surface area contributed by atoms with Gasteiger partial charge in [0.05, 0.1) is 0 Å². The van der Waals surface area contributed by atoms with E-state index in [4.69, 9.17) is 0 Å². The lowest BCUT2D eigenvalue weighted by Gasteiger charge is -2.29. The number of fused-ring (bicyclic) bond motifs is 9. The molecule has 2 nitrogen and oxygen atoms in total. The van der Waals surface area contributed by atoms with E-state index in [1.807, 2.05) is 0 Å². The van der Waals surface area contributed by atoms with Crippen LogP contribution in [-0.2, 0) is 16.2 Å². The van der Waals surface area contributed by atoms with Crippen LogP contribution in [-0.4, -0.2) is 0 Å². The highest BCUT2D eigenvalue weighted by atomic mass is 15.1. The van der Waals surface area contributed by atoms with Crippen LogP contribution < -0.4 is 9.80 Å². The Kier molecular flexibility index (Phi) is 10.0. The van der Waals surface area contributed by atoms with Crippen molar-refractivity contribution in [2.45, 2.75) is 71.6 Å². The van der Waals surface area contributed by atoms with E-state index in [0.717, 1.165) is 0 Å². The van der Waals surface area contributed by atoms with E-state index in [1.165, 1.54) is 112 Å². The smallest absolute Gasteiger partial charge is 0.0465 e. The molecule has 0 N–H and O–H groups in total. The second kappa shape index (κ2) is 15.9. The van der Waals surface area contributed by atoms with E-state index in [9.17, 15) is 0 Å². The van der Waals surface area contributed by atoms with E-state index >= 15 is 0 Å². The van der Waals surface area contributed by atoms with Crippen molar-refractivity contribution in [3.63, 3.8) is 0 Å². The monoisotopic (exact) mass is 866 g/mol. The molecule has 9 aromatic rings. The summed E-state index contributed by atoms with van der Waals surface area (Å²) in [6.45, 7) is 18.4. The molecule has 0 radical (unpaired) electrons. The molecule has 0 saturated carbocycles. The second-order valence-electron chi connectivity index (χ2n) is 20.4. The maximum atomic E-state index is 2.43. The first-order valence-electron chi connectivity index (χ1n) is 23.8. The lowest BCUT2D eigenvalue weighted by atomic mass is 9.82. The fourth-order valence-electron chi connectivity index (χ4n) is 11.4. The standard InChI is InChI=1S/C37H33N.C28H25N/c1-24-14-16-25(17-15-24)38(26-18-20-30-28-10-6-8-12-32(28)36(2,3)34(30)22-26)27-19-21-31-29-11-7-9-13-33(29)37(4,5)35(31)23-27;1-20-13-15-22(16-14-20)29(21-9-5-4-6-10-21)23-17-18-25-24-11-7-8-12-26(24)28(2,3)27(25)19-23/h6-23H,1-5H3;4-19H,1-3H3. The van der Waals surface area contributed by atoms with Crippen LogP contribution in [0.15, 0.2) is 206 Å². The van der Waals surface area contributed by atoms with Crippen LogP contribution in [0.3, 0.4) is 0 Å².